The van der Waals surface area contributed by atoms with Gasteiger partial charge in [0, 0.05) is 24.6 Å². The van der Waals surface area contributed by atoms with Gasteiger partial charge >= 0.3 is 0 Å². The molecule has 2 aromatic heterocycles. The Labute approximate surface area is 167 Å². The summed E-state index contributed by atoms with van der Waals surface area (Å²) in [6, 6.07) is 20.2. The molecule has 4 aromatic rings. The van der Waals surface area contributed by atoms with Crippen LogP contribution in [0.1, 0.15) is 12.2 Å². The van der Waals surface area contributed by atoms with Gasteiger partial charge in [-0.1, -0.05) is 18.2 Å². The van der Waals surface area contributed by atoms with E-state index in [9.17, 15) is 4.79 Å². The minimum atomic E-state index is -0.124. The summed E-state index contributed by atoms with van der Waals surface area (Å²) in [6.45, 7) is 0. The zero-order valence-electron chi connectivity index (χ0n) is 15.8. The number of carbonyl (C=O) groups excluding carboxylic acids is 1. The normalized spacial score (nSPS) is 10.7. The fraction of sp³-hybridized carbons (Fsp3) is 0.143. The van der Waals surface area contributed by atoms with Crippen LogP contribution in [-0.2, 0) is 11.2 Å². The van der Waals surface area contributed by atoms with Crippen LogP contribution in [0.5, 0.6) is 17.4 Å². The minimum absolute atomic E-state index is 0.124. The number of nitrogens with zero attached hydrogens (tertiary/aromatic N) is 4. The molecular weight excluding hydrogens is 370 g/mol. The van der Waals surface area contributed by atoms with Gasteiger partial charge in [0.25, 0.3) is 0 Å². The van der Waals surface area contributed by atoms with Crippen LogP contribution in [-0.4, -0.2) is 32.8 Å². The SMILES string of the molecule is COc1ccc2nnc(CCC(=O)Nc3ccc(Oc4ccccc4)cc3)n2n1. The Morgan fingerprint density at radius 1 is 0.966 bits per heavy atom. The van der Waals surface area contributed by atoms with E-state index in [2.05, 4.69) is 20.6 Å². The average molecular weight is 389 g/mol. The summed E-state index contributed by atoms with van der Waals surface area (Å²) in [4.78, 5) is 12.3. The van der Waals surface area contributed by atoms with Crippen LogP contribution in [0.15, 0.2) is 66.7 Å². The van der Waals surface area contributed by atoms with Crippen LogP contribution < -0.4 is 14.8 Å². The van der Waals surface area contributed by atoms with E-state index < -0.39 is 0 Å². The summed E-state index contributed by atoms with van der Waals surface area (Å²) in [6.07, 6.45) is 0.657. The number of methoxy groups -OCH3 is 1. The molecular formula is C21H19N5O3. The summed E-state index contributed by atoms with van der Waals surface area (Å²) < 4.78 is 12.5. The molecule has 0 saturated heterocycles. The van der Waals surface area contributed by atoms with Crippen LogP contribution in [0.25, 0.3) is 5.65 Å². The summed E-state index contributed by atoms with van der Waals surface area (Å²) in [5, 5.41) is 15.3. The Balaban J connectivity index is 1.34. The van der Waals surface area contributed by atoms with E-state index in [1.807, 2.05) is 42.5 Å². The van der Waals surface area contributed by atoms with Crippen molar-refractivity contribution < 1.29 is 14.3 Å². The van der Waals surface area contributed by atoms with Crippen molar-refractivity contribution in [3.63, 3.8) is 0 Å². The molecule has 29 heavy (non-hydrogen) atoms. The Kier molecular flexibility index (Phi) is 5.33. The number of ether oxygens (including phenoxy) is 2. The number of para-hydroxylation sites is 1. The van der Waals surface area contributed by atoms with Crippen LogP contribution in [0.2, 0.25) is 0 Å². The van der Waals surface area contributed by atoms with E-state index in [-0.39, 0.29) is 12.3 Å². The lowest BCUT2D eigenvalue weighted by Gasteiger charge is -2.08. The highest BCUT2D eigenvalue weighted by Crippen LogP contribution is 2.22. The maximum Gasteiger partial charge on any atom is 0.231 e. The van der Waals surface area contributed by atoms with Crippen molar-refractivity contribution in [3.8, 4) is 17.4 Å². The molecule has 0 saturated carbocycles. The van der Waals surface area contributed by atoms with E-state index in [0.717, 1.165) is 5.75 Å². The number of rotatable bonds is 7. The molecule has 0 aliphatic carbocycles. The molecule has 146 valence electrons. The standard InChI is InChI=1S/C21H19N5O3/c1-28-21-14-12-19-24-23-18(26(19)25-21)11-13-20(27)22-15-7-9-17(10-8-15)29-16-5-3-2-4-6-16/h2-10,12,14H,11,13H2,1H3,(H,22,27). The number of anilines is 1. The zero-order chi connectivity index (χ0) is 20.1. The topological polar surface area (TPSA) is 90.6 Å². The van der Waals surface area contributed by atoms with Gasteiger partial charge in [-0.2, -0.15) is 4.52 Å². The number of amides is 1. The molecule has 0 bridgehead atoms. The van der Waals surface area contributed by atoms with Crippen LogP contribution in [0.3, 0.4) is 0 Å². The van der Waals surface area contributed by atoms with Gasteiger partial charge in [-0.15, -0.1) is 15.3 Å². The summed E-state index contributed by atoms with van der Waals surface area (Å²) in [7, 11) is 1.54. The molecule has 0 unspecified atom stereocenters. The molecule has 0 spiro atoms. The number of hydrogen-bond acceptors (Lipinski definition) is 6. The fourth-order valence-corrected chi connectivity index (χ4v) is 2.76. The van der Waals surface area contributed by atoms with Gasteiger partial charge in [0.2, 0.25) is 11.8 Å². The maximum absolute atomic E-state index is 12.3. The number of fused-ring (bicyclic) bond motifs is 1. The molecule has 0 aliphatic rings. The van der Waals surface area contributed by atoms with Gasteiger partial charge in [-0.05, 0) is 42.5 Å². The van der Waals surface area contributed by atoms with Crippen molar-refractivity contribution in [1.82, 2.24) is 19.8 Å². The third-order valence-corrected chi connectivity index (χ3v) is 4.20. The van der Waals surface area contributed by atoms with Crippen molar-refractivity contribution >= 4 is 17.2 Å². The van der Waals surface area contributed by atoms with Gasteiger partial charge in [-0.25, -0.2) is 0 Å². The first-order valence-electron chi connectivity index (χ1n) is 9.09. The number of carbonyl (C=O) groups is 1. The fourth-order valence-electron chi connectivity index (χ4n) is 2.76. The lowest BCUT2D eigenvalue weighted by molar-refractivity contribution is -0.116. The highest BCUT2D eigenvalue weighted by molar-refractivity contribution is 5.90. The molecule has 2 heterocycles. The quantitative estimate of drug-likeness (QED) is 0.520. The number of benzene rings is 2. The highest BCUT2D eigenvalue weighted by Gasteiger charge is 2.11. The number of aromatic nitrogens is 4. The molecule has 1 N–H and O–H groups in total. The summed E-state index contributed by atoms with van der Waals surface area (Å²) in [5.74, 6) is 2.39. The van der Waals surface area contributed by atoms with Gasteiger partial charge < -0.3 is 14.8 Å². The van der Waals surface area contributed by atoms with Gasteiger partial charge in [-0.3, -0.25) is 4.79 Å². The highest BCUT2D eigenvalue weighted by atomic mass is 16.5. The monoisotopic (exact) mass is 389 g/mol. The second-order valence-corrected chi connectivity index (χ2v) is 6.25. The predicted molar refractivity (Wildman–Crippen MR) is 107 cm³/mol. The molecule has 0 radical (unpaired) electrons. The van der Waals surface area contributed by atoms with Gasteiger partial charge in [0.05, 0.1) is 7.11 Å². The first-order valence-corrected chi connectivity index (χ1v) is 9.09. The van der Waals surface area contributed by atoms with Crippen LogP contribution in [0.4, 0.5) is 5.69 Å². The van der Waals surface area contributed by atoms with Crippen LogP contribution >= 0.6 is 0 Å². The number of hydrogen-bond donors (Lipinski definition) is 1. The minimum Gasteiger partial charge on any atom is -0.480 e. The average Bonchev–Trinajstić information content (AvgIpc) is 3.16. The smallest absolute Gasteiger partial charge is 0.231 e. The predicted octanol–water partition coefficient (Wildman–Crippen LogP) is 3.50. The van der Waals surface area contributed by atoms with E-state index in [1.54, 1.807) is 35.9 Å². The van der Waals surface area contributed by atoms with Crippen molar-refractivity contribution in [2.75, 3.05) is 12.4 Å². The van der Waals surface area contributed by atoms with E-state index in [1.165, 1.54) is 0 Å². The van der Waals surface area contributed by atoms with Crippen LogP contribution in [0, 0.1) is 0 Å². The lowest BCUT2D eigenvalue weighted by atomic mass is 10.2. The Bertz CT molecular complexity index is 1110. The molecule has 8 nitrogen and oxygen atoms in total. The Hall–Kier alpha value is -3.94. The van der Waals surface area contributed by atoms with Crippen molar-refractivity contribution in [2.24, 2.45) is 0 Å². The molecule has 8 heteroatoms. The number of aryl methyl sites for hydroxylation is 1. The third-order valence-electron chi connectivity index (χ3n) is 4.20. The molecule has 1 amide bonds. The Morgan fingerprint density at radius 2 is 1.72 bits per heavy atom. The van der Waals surface area contributed by atoms with E-state index in [4.69, 9.17) is 9.47 Å². The molecule has 0 atom stereocenters. The second kappa shape index (κ2) is 8.39. The molecule has 0 fully saturated rings. The first-order chi connectivity index (χ1) is 14.2. The van der Waals surface area contributed by atoms with E-state index >= 15 is 0 Å². The van der Waals surface area contributed by atoms with E-state index in [0.29, 0.717) is 35.2 Å². The molecule has 0 aliphatic heterocycles. The summed E-state index contributed by atoms with van der Waals surface area (Å²) in [5.41, 5.74) is 1.30. The maximum atomic E-state index is 12.3. The number of nitrogens with one attached hydrogen (secondary N) is 1. The van der Waals surface area contributed by atoms with Crippen molar-refractivity contribution in [2.45, 2.75) is 12.8 Å². The molecule has 2 aromatic carbocycles. The van der Waals surface area contributed by atoms with Gasteiger partial charge in [0.1, 0.15) is 11.5 Å². The second-order valence-electron chi connectivity index (χ2n) is 6.25. The Morgan fingerprint density at radius 3 is 2.48 bits per heavy atom. The summed E-state index contributed by atoms with van der Waals surface area (Å²) >= 11 is 0. The van der Waals surface area contributed by atoms with Crippen molar-refractivity contribution in [1.29, 1.82) is 0 Å². The first kappa shape index (κ1) is 18.4. The molecule has 4 rings (SSSR count). The van der Waals surface area contributed by atoms with Crippen molar-refractivity contribution in [3.05, 3.63) is 72.6 Å². The third kappa shape index (κ3) is 4.49. The zero-order valence-corrected chi connectivity index (χ0v) is 15.8. The largest absolute Gasteiger partial charge is 0.480 e. The van der Waals surface area contributed by atoms with Gasteiger partial charge in [0.15, 0.2) is 11.5 Å². The lowest BCUT2D eigenvalue weighted by Crippen LogP contribution is -2.13.